The largest absolute Gasteiger partial charge is 0.397 e. The molecule has 1 aliphatic rings. The van der Waals surface area contributed by atoms with Crippen molar-refractivity contribution >= 4 is 44.6 Å². The van der Waals surface area contributed by atoms with Gasteiger partial charge in [-0.15, -0.1) is 11.3 Å². The summed E-state index contributed by atoms with van der Waals surface area (Å²) < 4.78 is 0.834. The minimum atomic E-state index is -0.530. The number of primary amides is 2. The van der Waals surface area contributed by atoms with Crippen LogP contribution in [0, 0.1) is 5.92 Å². The molecular formula is C14H17N5O2S. The number of rotatable bonds is 3. The molecule has 3 rings (SSSR count). The van der Waals surface area contributed by atoms with Crippen LogP contribution in [0.1, 0.15) is 22.5 Å². The highest BCUT2D eigenvalue weighted by atomic mass is 32.1. The van der Waals surface area contributed by atoms with Crippen LogP contribution in [-0.4, -0.2) is 29.9 Å². The Bertz CT molecular complexity index is 749. The number of anilines is 2. The zero-order valence-electron chi connectivity index (χ0n) is 11.9. The number of amides is 2. The highest BCUT2D eigenvalue weighted by molar-refractivity contribution is 7.21. The Kier molecular flexibility index (Phi) is 3.61. The van der Waals surface area contributed by atoms with Crippen LogP contribution < -0.4 is 22.1 Å². The van der Waals surface area contributed by atoms with Crippen molar-refractivity contribution in [2.75, 3.05) is 23.7 Å². The molecule has 2 amide bonds. The molecule has 7 nitrogen and oxygen atoms in total. The van der Waals surface area contributed by atoms with Crippen LogP contribution in [0.15, 0.2) is 12.4 Å². The normalized spacial score (nSPS) is 16.1. The number of nitrogens with zero attached hydrogens (tertiary/aromatic N) is 2. The zero-order chi connectivity index (χ0) is 15.9. The van der Waals surface area contributed by atoms with Gasteiger partial charge in [-0.2, -0.15) is 0 Å². The first kappa shape index (κ1) is 14.6. The molecule has 0 spiro atoms. The summed E-state index contributed by atoms with van der Waals surface area (Å²) >= 11 is 1.25. The summed E-state index contributed by atoms with van der Waals surface area (Å²) in [5.41, 5.74) is 18.1. The maximum Gasteiger partial charge on any atom is 0.260 e. The van der Waals surface area contributed by atoms with E-state index in [0.29, 0.717) is 36.5 Å². The van der Waals surface area contributed by atoms with Gasteiger partial charge in [0, 0.05) is 30.6 Å². The molecule has 0 saturated carbocycles. The average molecular weight is 319 g/mol. The Balaban J connectivity index is 1.98. The second-order valence-corrected chi connectivity index (χ2v) is 6.46. The van der Waals surface area contributed by atoms with Crippen LogP contribution in [0.2, 0.25) is 0 Å². The maximum atomic E-state index is 11.5. The molecule has 0 atom stereocenters. The number of carbonyl (C=O) groups is 2. The Morgan fingerprint density at radius 2 is 1.91 bits per heavy atom. The minimum Gasteiger partial charge on any atom is -0.397 e. The predicted molar refractivity (Wildman–Crippen MR) is 86.7 cm³/mol. The van der Waals surface area contributed by atoms with Crippen molar-refractivity contribution in [3.8, 4) is 0 Å². The van der Waals surface area contributed by atoms with Gasteiger partial charge >= 0.3 is 0 Å². The number of hydrogen-bond donors (Lipinski definition) is 3. The van der Waals surface area contributed by atoms with Crippen molar-refractivity contribution in [3.05, 3.63) is 17.3 Å². The summed E-state index contributed by atoms with van der Waals surface area (Å²) in [6, 6.07) is 0. The molecule has 116 valence electrons. The van der Waals surface area contributed by atoms with Crippen molar-refractivity contribution in [3.63, 3.8) is 0 Å². The fourth-order valence-electron chi connectivity index (χ4n) is 2.89. The predicted octanol–water partition coefficient (Wildman–Crippen LogP) is 0.679. The summed E-state index contributed by atoms with van der Waals surface area (Å²) in [4.78, 5) is 29.4. The third-order valence-corrected chi connectivity index (χ3v) is 5.23. The van der Waals surface area contributed by atoms with Crippen LogP contribution in [-0.2, 0) is 4.79 Å². The van der Waals surface area contributed by atoms with Crippen molar-refractivity contribution < 1.29 is 9.59 Å². The number of thiophene rings is 1. The van der Waals surface area contributed by atoms with E-state index in [1.54, 1.807) is 12.4 Å². The van der Waals surface area contributed by atoms with Gasteiger partial charge in [0.25, 0.3) is 5.91 Å². The first-order chi connectivity index (χ1) is 10.5. The molecule has 0 aliphatic carbocycles. The number of nitrogen functional groups attached to an aromatic ring is 1. The highest BCUT2D eigenvalue weighted by Gasteiger charge is 2.26. The highest BCUT2D eigenvalue weighted by Crippen LogP contribution is 2.39. The topological polar surface area (TPSA) is 128 Å². The molecule has 6 N–H and O–H groups in total. The van der Waals surface area contributed by atoms with Gasteiger partial charge in [0.2, 0.25) is 5.91 Å². The van der Waals surface area contributed by atoms with Gasteiger partial charge in [-0.3, -0.25) is 14.6 Å². The van der Waals surface area contributed by atoms with E-state index < -0.39 is 5.91 Å². The molecule has 0 aromatic carbocycles. The Hall–Kier alpha value is -2.35. The first-order valence-electron chi connectivity index (χ1n) is 6.99. The molecular weight excluding hydrogens is 302 g/mol. The van der Waals surface area contributed by atoms with E-state index >= 15 is 0 Å². The van der Waals surface area contributed by atoms with E-state index in [9.17, 15) is 9.59 Å². The number of fused-ring (bicyclic) bond motifs is 1. The number of hydrogen-bond acceptors (Lipinski definition) is 6. The Labute approximate surface area is 131 Å². The molecule has 0 bridgehead atoms. The third kappa shape index (κ3) is 2.35. The van der Waals surface area contributed by atoms with Gasteiger partial charge in [-0.05, 0) is 12.8 Å². The fourth-order valence-corrected chi connectivity index (χ4v) is 3.85. The quantitative estimate of drug-likeness (QED) is 0.766. The van der Waals surface area contributed by atoms with E-state index in [1.165, 1.54) is 11.3 Å². The molecule has 22 heavy (non-hydrogen) atoms. The van der Waals surface area contributed by atoms with Gasteiger partial charge < -0.3 is 22.1 Å². The average Bonchev–Trinajstić information content (AvgIpc) is 2.85. The monoisotopic (exact) mass is 319 g/mol. The van der Waals surface area contributed by atoms with Crippen molar-refractivity contribution in [2.45, 2.75) is 12.8 Å². The Morgan fingerprint density at radius 1 is 1.23 bits per heavy atom. The van der Waals surface area contributed by atoms with E-state index in [2.05, 4.69) is 9.88 Å². The number of carbonyl (C=O) groups excluding carboxylic acids is 2. The molecule has 2 aromatic rings. The van der Waals surface area contributed by atoms with Crippen LogP contribution in [0.5, 0.6) is 0 Å². The standard InChI is InChI=1S/C14H17N5O2S/c15-11-10-8(19-3-1-7(2-4-19)13(16)20)5-18-6-9(10)22-12(11)14(17)21/h5-7H,1-4,15H2,(H2,16,20)(H2,17,21). The fraction of sp³-hybridized carbons (Fsp3) is 0.357. The molecule has 8 heteroatoms. The first-order valence-corrected chi connectivity index (χ1v) is 7.80. The molecule has 1 saturated heterocycles. The number of pyridine rings is 1. The smallest absolute Gasteiger partial charge is 0.260 e. The van der Waals surface area contributed by atoms with Crippen molar-refractivity contribution in [1.82, 2.24) is 4.98 Å². The van der Waals surface area contributed by atoms with Gasteiger partial charge in [0.15, 0.2) is 0 Å². The SMILES string of the molecule is NC(=O)c1sc2cncc(N3CCC(C(N)=O)CC3)c2c1N. The third-order valence-electron chi connectivity index (χ3n) is 4.08. The second-order valence-electron chi connectivity index (χ2n) is 5.40. The molecule has 3 heterocycles. The molecule has 1 fully saturated rings. The van der Waals surface area contributed by atoms with Gasteiger partial charge in [0.1, 0.15) is 4.88 Å². The van der Waals surface area contributed by atoms with E-state index in [1.807, 2.05) is 0 Å². The number of aromatic nitrogens is 1. The van der Waals surface area contributed by atoms with Gasteiger partial charge in [0.05, 0.1) is 22.3 Å². The summed E-state index contributed by atoms with van der Waals surface area (Å²) in [5.74, 6) is -0.858. The van der Waals surface area contributed by atoms with Crippen LogP contribution in [0.25, 0.3) is 10.1 Å². The second kappa shape index (κ2) is 5.45. The zero-order valence-corrected chi connectivity index (χ0v) is 12.7. The maximum absolute atomic E-state index is 11.5. The van der Waals surface area contributed by atoms with Crippen molar-refractivity contribution in [1.29, 1.82) is 0 Å². The minimum absolute atomic E-state index is 0.0792. The summed E-state index contributed by atoms with van der Waals surface area (Å²) in [6.45, 7) is 1.41. The van der Waals surface area contributed by atoms with Crippen LogP contribution in [0.4, 0.5) is 11.4 Å². The Morgan fingerprint density at radius 3 is 2.50 bits per heavy atom. The van der Waals surface area contributed by atoms with Crippen LogP contribution >= 0.6 is 11.3 Å². The lowest BCUT2D eigenvalue weighted by Crippen LogP contribution is -2.38. The lowest BCUT2D eigenvalue weighted by Gasteiger charge is -2.32. The molecule has 2 aromatic heterocycles. The number of piperidine rings is 1. The lowest BCUT2D eigenvalue weighted by atomic mass is 9.96. The van der Waals surface area contributed by atoms with E-state index in [0.717, 1.165) is 15.8 Å². The lowest BCUT2D eigenvalue weighted by molar-refractivity contribution is -0.122. The van der Waals surface area contributed by atoms with E-state index in [4.69, 9.17) is 17.2 Å². The van der Waals surface area contributed by atoms with E-state index in [-0.39, 0.29) is 11.8 Å². The molecule has 1 aliphatic heterocycles. The summed E-state index contributed by atoms with van der Waals surface area (Å²) in [7, 11) is 0. The van der Waals surface area contributed by atoms with Crippen molar-refractivity contribution in [2.24, 2.45) is 17.4 Å². The summed E-state index contributed by atoms with van der Waals surface area (Å²) in [6.07, 6.45) is 4.83. The van der Waals surface area contributed by atoms with Gasteiger partial charge in [-0.1, -0.05) is 0 Å². The molecule has 0 radical (unpaired) electrons. The summed E-state index contributed by atoms with van der Waals surface area (Å²) in [5, 5.41) is 0.811. The molecule has 0 unspecified atom stereocenters. The van der Waals surface area contributed by atoms with Crippen LogP contribution in [0.3, 0.4) is 0 Å². The number of nitrogens with two attached hydrogens (primary N) is 3. The van der Waals surface area contributed by atoms with Gasteiger partial charge in [-0.25, -0.2) is 0 Å².